The van der Waals surface area contributed by atoms with Crippen LogP contribution in [0.1, 0.15) is 16.7 Å². The molecule has 0 unspecified atom stereocenters. The standard InChI is InChI=1S/C23H31N5O2S/c1-24-23(27-12-11-19-7-3-4-9-21(19)18-27)25-17-20-8-5-6-10-22(20)31(29,30)28-15-13-26(2)14-16-28/h3-10H,11-18H2,1-2H3,(H,24,25). The fourth-order valence-electron chi connectivity index (χ4n) is 4.25. The summed E-state index contributed by atoms with van der Waals surface area (Å²) in [6.45, 7) is 4.65. The van der Waals surface area contributed by atoms with Crippen molar-refractivity contribution in [1.82, 2.24) is 19.4 Å². The third-order valence-corrected chi connectivity index (χ3v) is 8.13. The smallest absolute Gasteiger partial charge is 0.243 e. The Bertz CT molecular complexity index is 1050. The largest absolute Gasteiger partial charge is 0.352 e. The van der Waals surface area contributed by atoms with Crippen molar-refractivity contribution < 1.29 is 8.42 Å². The molecule has 8 heteroatoms. The van der Waals surface area contributed by atoms with Gasteiger partial charge in [0, 0.05) is 52.9 Å². The Kier molecular flexibility index (Phi) is 6.60. The van der Waals surface area contributed by atoms with Gasteiger partial charge in [0.05, 0.1) is 4.90 Å². The molecule has 1 fully saturated rings. The average Bonchev–Trinajstić information content (AvgIpc) is 2.80. The molecule has 31 heavy (non-hydrogen) atoms. The van der Waals surface area contributed by atoms with E-state index in [4.69, 9.17) is 0 Å². The number of piperazine rings is 1. The third kappa shape index (κ3) is 4.76. The number of nitrogens with zero attached hydrogens (tertiary/aromatic N) is 4. The molecule has 166 valence electrons. The predicted molar refractivity (Wildman–Crippen MR) is 123 cm³/mol. The molecule has 2 heterocycles. The van der Waals surface area contributed by atoms with E-state index < -0.39 is 10.0 Å². The van der Waals surface area contributed by atoms with Gasteiger partial charge in [-0.05, 0) is 36.2 Å². The van der Waals surface area contributed by atoms with Gasteiger partial charge in [-0.15, -0.1) is 0 Å². The van der Waals surface area contributed by atoms with Gasteiger partial charge < -0.3 is 15.1 Å². The summed E-state index contributed by atoms with van der Waals surface area (Å²) in [5.41, 5.74) is 3.47. The number of aliphatic imine (C=N–C) groups is 1. The summed E-state index contributed by atoms with van der Waals surface area (Å²) in [6, 6.07) is 15.8. The lowest BCUT2D eigenvalue weighted by molar-refractivity contribution is 0.222. The first-order chi connectivity index (χ1) is 15.0. The van der Waals surface area contributed by atoms with Gasteiger partial charge in [0.2, 0.25) is 10.0 Å². The van der Waals surface area contributed by atoms with Crippen LogP contribution in [0.3, 0.4) is 0 Å². The lowest BCUT2D eigenvalue weighted by Gasteiger charge is -2.33. The van der Waals surface area contributed by atoms with Crippen LogP contribution in [0, 0.1) is 0 Å². The third-order valence-electron chi connectivity index (χ3n) is 6.13. The molecule has 2 aliphatic rings. The van der Waals surface area contributed by atoms with Gasteiger partial charge >= 0.3 is 0 Å². The molecule has 2 aromatic carbocycles. The maximum Gasteiger partial charge on any atom is 0.243 e. The molecule has 0 bridgehead atoms. The summed E-state index contributed by atoms with van der Waals surface area (Å²) in [6.07, 6.45) is 0.977. The van der Waals surface area contributed by atoms with Crippen LogP contribution < -0.4 is 5.32 Å². The summed E-state index contributed by atoms with van der Waals surface area (Å²) in [4.78, 5) is 9.21. The van der Waals surface area contributed by atoms with Crippen molar-refractivity contribution in [2.45, 2.75) is 24.4 Å². The Hall–Kier alpha value is -2.42. The van der Waals surface area contributed by atoms with Crippen LogP contribution in [0.2, 0.25) is 0 Å². The fraction of sp³-hybridized carbons (Fsp3) is 0.435. The number of fused-ring (bicyclic) bond motifs is 1. The molecule has 0 saturated carbocycles. The van der Waals surface area contributed by atoms with E-state index >= 15 is 0 Å². The second-order valence-corrected chi connectivity index (χ2v) is 10.1. The maximum atomic E-state index is 13.3. The van der Waals surface area contributed by atoms with Crippen LogP contribution in [-0.2, 0) is 29.5 Å². The van der Waals surface area contributed by atoms with Gasteiger partial charge in [-0.2, -0.15) is 4.31 Å². The zero-order valence-corrected chi connectivity index (χ0v) is 19.1. The highest BCUT2D eigenvalue weighted by atomic mass is 32.2. The summed E-state index contributed by atoms with van der Waals surface area (Å²) < 4.78 is 28.2. The second-order valence-electron chi connectivity index (χ2n) is 8.16. The molecule has 0 radical (unpaired) electrons. The first-order valence-corrected chi connectivity index (χ1v) is 12.2. The molecular formula is C23H31N5O2S. The van der Waals surface area contributed by atoms with Crippen LogP contribution in [0.15, 0.2) is 58.4 Å². The van der Waals surface area contributed by atoms with Gasteiger partial charge in [0.15, 0.2) is 5.96 Å². The molecule has 1 N–H and O–H groups in total. The van der Waals surface area contributed by atoms with E-state index in [2.05, 4.69) is 44.4 Å². The first-order valence-electron chi connectivity index (χ1n) is 10.8. The molecule has 7 nitrogen and oxygen atoms in total. The Morgan fingerprint density at radius 3 is 2.39 bits per heavy atom. The van der Waals surface area contributed by atoms with E-state index in [9.17, 15) is 8.42 Å². The molecule has 2 aliphatic heterocycles. The van der Waals surface area contributed by atoms with Crippen LogP contribution in [0.4, 0.5) is 0 Å². The van der Waals surface area contributed by atoms with E-state index in [0.29, 0.717) is 24.5 Å². The lowest BCUT2D eigenvalue weighted by atomic mass is 10.0. The number of hydrogen-bond donors (Lipinski definition) is 1. The number of nitrogens with one attached hydrogen (secondary N) is 1. The van der Waals surface area contributed by atoms with Crippen molar-refractivity contribution in [3.63, 3.8) is 0 Å². The number of sulfonamides is 1. The quantitative estimate of drug-likeness (QED) is 0.578. The zero-order valence-electron chi connectivity index (χ0n) is 18.3. The van der Waals surface area contributed by atoms with Crippen LogP contribution in [0.25, 0.3) is 0 Å². The highest BCUT2D eigenvalue weighted by Gasteiger charge is 2.29. The first kappa shape index (κ1) is 21.8. The van der Waals surface area contributed by atoms with E-state index in [1.165, 1.54) is 11.1 Å². The summed E-state index contributed by atoms with van der Waals surface area (Å²) >= 11 is 0. The average molecular weight is 442 g/mol. The van der Waals surface area contributed by atoms with Crippen molar-refractivity contribution in [2.75, 3.05) is 46.8 Å². The molecule has 0 aliphatic carbocycles. The number of guanidine groups is 1. The van der Waals surface area contributed by atoms with E-state index in [1.54, 1.807) is 23.5 Å². The van der Waals surface area contributed by atoms with Gasteiger partial charge in [-0.25, -0.2) is 8.42 Å². The maximum absolute atomic E-state index is 13.3. The number of benzene rings is 2. The topological polar surface area (TPSA) is 68.2 Å². The Morgan fingerprint density at radius 2 is 1.65 bits per heavy atom. The van der Waals surface area contributed by atoms with Gasteiger partial charge in [-0.3, -0.25) is 4.99 Å². The van der Waals surface area contributed by atoms with Crippen molar-refractivity contribution in [3.8, 4) is 0 Å². The molecule has 2 aromatic rings. The van der Waals surface area contributed by atoms with Crippen LogP contribution in [-0.4, -0.2) is 75.3 Å². The highest BCUT2D eigenvalue weighted by molar-refractivity contribution is 7.89. The fourth-order valence-corrected chi connectivity index (χ4v) is 5.90. The van der Waals surface area contributed by atoms with Crippen molar-refractivity contribution in [1.29, 1.82) is 0 Å². The van der Waals surface area contributed by atoms with Crippen LogP contribution in [0.5, 0.6) is 0 Å². The Balaban J connectivity index is 1.48. The molecular weight excluding hydrogens is 410 g/mol. The second kappa shape index (κ2) is 9.38. The molecule has 4 rings (SSSR count). The molecule has 0 atom stereocenters. The van der Waals surface area contributed by atoms with Crippen molar-refractivity contribution in [2.24, 2.45) is 4.99 Å². The Labute approximate surface area is 185 Å². The molecule has 0 aromatic heterocycles. The minimum atomic E-state index is -3.52. The van der Waals surface area contributed by atoms with Gasteiger partial charge in [0.1, 0.15) is 0 Å². The van der Waals surface area contributed by atoms with E-state index in [0.717, 1.165) is 44.1 Å². The van der Waals surface area contributed by atoms with Crippen molar-refractivity contribution in [3.05, 3.63) is 65.2 Å². The van der Waals surface area contributed by atoms with Gasteiger partial charge in [0.25, 0.3) is 0 Å². The van der Waals surface area contributed by atoms with Gasteiger partial charge in [-0.1, -0.05) is 42.5 Å². The van der Waals surface area contributed by atoms with Crippen LogP contribution >= 0.6 is 0 Å². The Morgan fingerprint density at radius 1 is 0.968 bits per heavy atom. The summed E-state index contributed by atoms with van der Waals surface area (Å²) in [5, 5.41) is 3.39. The summed E-state index contributed by atoms with van der Waals surface area (Å²) in [7, 11) is 0.271. The monoisotopic (exact) mass is 441 g/mol. The van der Waals surface area contributed by atoms with Crippen molar-refractivity contribution >= 4 is 16.0 Å². The predicted octanol–water partition coefficient (Wildman–Crippen LogP) is 1.76. The minimum Gasteiger partial charge on any atom is -0.352 e. The molecule has 0 amide bonds. The zero-order chi connectivity index (χ0) is 21.8. The van der Waals surface area contributed by atoms with E-state index in [-0.39, 0.29) is 0 Å². The molecule has 1 saturated heterocycles. The number of hydrogen-bond acceptors (Lipinski definition) is 4. The summed E-state index contributed by atoms with van der Waals surface area (Å²) in [5.74, 6) is 0.793. The lowest BCUT2D eigenvalue weighted by Crippen LogP contribution is -2.47. The normalized spacial score (nSPS) is 18.6. The highest BCUT2D eigenvalue weighted by Crippen LogP contribution is 2.22. The number of rotatable bonds is 4. The minimum absolute atomic E-state index is 0.381. The van der Waals surface area contributed by atoms with E-state index in [1.807, 2.05) is 19.2 Å². The molecule has 0 spiro atoms. The number of likely N-dealkylation sites (N-methyl/N-ethyl adjacent to an activating group) is 1. The SMILES string of the molecule is CN=C(NCc1ccccc1S(=O)(=O)N1CCN(C)CC1)N1CCc2ccccc2C1.